The third kappa shape index (κ3) is 3.79. The van der Waals surface area contributed by atoms with Crippen LogP contribution in [0.25, 0.3) is 31.9 Å². The summed E-state index contributed by atoms with van der Waals surface area (Å²) in [7, 11) is 0. The van der Waals surface area contributed by atoms with Crippen LogP contribution in [-0.2, 0) is 4.79 Å². The average molecular weight is 429 g/mol. The molecule has 2 N–H and O–H groups in total. The van der Waals surface area contributed by atoms with E-state index in [0.717, 1.165) is 46.8 Å². The van der Waals surface area contributed by atoms with Crippen molar-refractivity contribution >= 4 is 34.1 Å². The Bertz CT molecular complexity index is 1240. The van der Waals surface area contributed by atoms with Crippen LogP contribution in [0.2, 0.25) is 0 Å². The van der Waals surface area contributed by atoms with Gasteiger partial charge in [-0.15, -0.1) is 11.3 Å². The minimum absolute atomic E-state index is 0.0723. The number of primary amides is 1. The van der Waals surface area contributed by atoms with Gasteiger partial charge in [-0.2, -0.15) is 0 Å². The molecule has 3 heterocycles. The number of nitrogens with zero attached hydrogens (tertiary/aromatic N) is 3. The summed E-state index contributed by atoms with van der Waals surface area (Å²) in [6.45, 7) is 2.85. The lowest BCUT2D eigenvalue weighted by molar-refractivity contribution is -0.122. The Morgan fingerprint density at radius 1 is 1.00 bits per heavy atom. The van der Waals surface area contributed by atoms with E-state index in [1.54, 1.807) is 11.3 Å². The van der Waals surface area contributed by atoms with Crippen molar-refractivity contribution in [3.05, 3.63) is 66.7 Å². The van der Waals surface area contributed by atoms with Crippen LogP contribution in [0.5, 0.6) is 0 Å². The van der Waals surface area contributed by atoms with Crippen molar-refractivity contribution in [1.29, 1.82) is 0 Å². The summed E-state index contributed by atoms with van der Waals surface area (Å²) >= 11 is 1.74. The number of carbonyl (C=O) groups is 1. The van der Waals surface area contributed by atoms with Gasteiger partial charge in [-0.25, -0.2) is 9.97 Å². The van der Waals surface area contributed by atoms with Crippen molar-refractivity contribution in [2.75, 3.05) is 11.4 Å². The lowest BCUT2D eigenvalue weighted by atomic mass is 9.91. The van der Waals surface area contributed by atoms with E-state index in [9.17, 15) is 4.79 Å². The van der Waals surface area contributed by atoms with Crippen molar-refractivity contribution in [1.82, 2.24) is 9.97 Å². The Kier molecular flexibility index (Phi) is 5.16. The fourth-order valence-corrected chi connectivity index (χ4v) is 5.35. The van der Waals surface area contributed by atoms with Crippen LogP contribution >= 0.6 is 11.3 Å². The SMILES string of the molecule is CC1CC(C(N)=O)CCN1c1nc(-c2ccc(-c3ccccc3)s2)c2ccccc2n1. The number of nitrogens with two attached hydrogens (primary N) is 1. The smallest absolute Gasteiger partial charge is 0.226 e. The molecule has 0 bridgehead atoms. The fourth-order valence-electron chi connectivity index (χ4n) is 4.33. The minimum atomic E-state index is -0.210. The molecule has 0 radical (unpaired) electrons. The van der Waals surface area contributed by atoms with Crippen LogP contribution in [0.3, 0.4) is 0 Å². The van der Waals surface area contributed by atoms with E-state index in [2.05, 4.69) is 54.3 Å². The third-order valence-corrected chi connectivity index (χ3v) is 7.17. The molecule has 2 aromatic carbocycles. The highest BCUT2D eigenvalue weighted by atomic mass is 32.1. The largest absolute Gasteiger partial charge is 0.369 e. The van der Waals surface area contributed by atoms with E-state index < -0.39 is 0 Å². The molecule has 5 nitrogen and oxygen atoms in total. The molecule has 0 spiro atoms. The summed E-state index contributed by atoms with van der Waals surface area (Å²) < 4.78 is 0. The number of para-hydroxylation sites is 1. The Morgan fingerprint density at radius 2 is 1.74 bits per heavy atom. The summed E-state index contributed by atoms with van der Waals surface area (Å²) in [5.74, 6) is 0.439. The first-order chi connectivity index (χ1) is 15.1. The number of aromatic nitrogens is 2. The summed E-state index contributed by atoms with van der Waals surface area (Å²) in [5, 5.41) is 1.05. The number of anilines is 1. The molecule has 5 rings (SSSR count). The van der Waals surface area contributed by atoms with E-state index >= 15 is 0 Å². The number of benzene rings is 2. The molecule has 1 saturated heterocycles. The molecule has 2 unspecified atom stereocenters. The second-order valence-corrected chi connectivity index (χ2v) is 9.17. The lowest BCUT2D eigenvalue weighted by Gasteiger charge is -2.36. The van der Waals surface area contributed by atoms with Crippen LogP contribution in [0.1, 0.15) is 19.8 Å². The van der Waals surface area contributed by atoms with E-state index in [1.165, 1.54) is 10.4 Å². The third-order valence-electron chi connectivity index (χ3n) is 6.02. The van der Waals surface area contributed by atoms with Gasteiger partial charge in [-0.3, -0.25) is 4.79 Å². The fraction of sp³-hybridized carbons (Fsp3) is 0.240. The molecular formula is C25H24N4OS. The van der Waals surface area contributed by atoms with Crippen LogP contribution < -0.4 is 10.6 Å². The number of rotatable bonds is 4. The molecule has 0 aliphatic carbocycles. The highest BCUT2D eigenvalue weighted by Crippen LogP contribution is 2.38. The van der Waals surface area contributed by atoms with Gasteiger partial charge in [0, 0.05) is 28.8 Å². The number of thiophene rings is 1. The highest BCUT2D eigenvalue weighted by Gasteiger charge is 2.30. The van der Waals surface area contributed by atoms with Gasteiger partial charge in [0.15, 0.2) is 0 Å². The summed E-state index contributed by atoms with van der Waals surface area (Å²) in [6.07, 6.45) is 1.47. The monoisotopic (exact) mass is 428 g/mol. The predicted molar refractivity (Wildman–Crippen MR) is 127 cm³/mol. The van der Waals surface area contributed by atoms with Gasteiger partial charge >= 0.3 is 0 Å². The summed E-state index contributed by atoms with van der Waals surface area (Å²) in [4.78, 5) is 26.1. The van der Waals surface area contributed by atoms with Crippen LogP contribution in [0.15, 0.2) is 66.7 Å². The standard InChI is InChI=1S/C25H24N4OS/c1-16-15-18(24(26)30)13-14-29(16)25-27-20-10-6-5-9-19(20)23(28-25)22-12-11-21(31-22)17-7-3-2-4-8-17/h2-12,16,18H,13-15H2,1H3,(H2,26,30). The number of hydrogen-bond donors (Lipinski definition) is 1. The first-order valence-corrected chi connectivity index (χ1v) is 11.4. The Labute approximate surface area is 185 Å². The number of hydrogen-bond acceptors (Lipinski definition) is 5. The molecule has 2 atom stereocenters. The number of carbonyl (C=O) groups excluding carboxylic acids is 1. The zero-order chi connectivity index (χ0) is 21.4. The molecule has 156 valence electrons. The summed E-state index contributed by atoms with van der Waals surface area (Å²) in [5.41, 5.74) is 8.65. The zero-order valence-electron chi connectivity index (χ0n) is 17.4. The van der Waals surface area contributed by atoms with Gasteiger partial charge in [0.25, 0.3) is 0 Å². The normalized spacial score (nSPS) is 18.9. The minimum Gasteiger partial charge on any atom is -0.369 e. The number of piperidine rings is 1. The summed E-state index contributed by atoms with van der Waals surface area (Å²) in [6, 6.07) is 23.0. The highest BCUT2D eigenvalue weighted by molar-refractivity contribution is 7.18. The first-order valence-electron chi connectivity index (χ1n) is 10.6. The van der Waals surface area contributed by atoms with Gasteiger partial charge in [0.2, 0.25) is 11.9 Å². The zero-order valence-corrected chi connectivity index (χ0v) is 18.2. The number of amides is 1. The van der Waals surface area contributed by atoms with E-state index in [-0.39, 0.29) is 17.9 Å². The van der Waals surface area contributed by atoms with Gasteiger partial charge in [0.05, 0.1) is 16.1 Å². The van der Waals surface area contributed by atoms with Gasteiger partial charge in [0.1, 0.15) is 0 Å². The van der Waals surface area contributed by atoms with Crippen molar-refractivity contribution in [2.45, 2.75) is 25.8 Å². The predicted octanol–water partition coefficient (Wildman–Crippen LogP) is 5.12. The molecule has 1 aliphatic heterocycles. The van der Waals surface area contributed by atoms with Gasteiger partial charge in [-0.05, 0) is 43.5 Å². The van der Waals surface area contributed by atoms with Crippen LogP contribution in [0, 0.1) is 5.92 Å². The van der Waals surface area contributed by atoms with Crippen LogP contribution in [0.4, 0.5) is 5.95 Å². The topological polar surface area (TPSA) is 72.1 Å². The number of fused-ring (bicyclic) bond motifs is 1. The molecule has 4 aromatic rings. The molecule has 0 saturated carbocycles. The molecule has 1 fully saturated rings. The molecular weight excluding hydrogens is 404 g/mol. The maximum absolute atomic E-state index is 11.7. The van der Waals surface area contributed by atoms with E-state index in [1.807, 2.05) is 24.3 Å². The first kappa shape index (κ1) is 19.7. The second kappa shape index (κ2) is 8.12. The average Bonchev–Trinajstić information content (AvgIpc) is 3.29. The lowest BCUT2D eigenvalue weighted by Crippen LogP contribution is -2.45. The van der Waals surface area contributed by atoms with Gasteiger partial charge < -0.3 is 10.6 Å². The maximum Gasteiger partial charge on any atom is 0.226 e. The van der Waals surface area contributed by atoms with Crippen molar-refractivity contribution in [3.63, 3.8) is 0 Å². The van der Waals surface area contributed by atoms with Crippen molar-refractivity contribution in [2.24, 2.45) is 11.7 Å². The quantitative estimate of drug-likeness (QED) is 0.490. The molecule has 6 heteroatoms. The maximum atomic E-state index is 11.7. The second-order valence-electron chi connectivity index (χ2n) is 8.09. The van der Waals surface area contributed by atoms with E-state index in [0.29, 0.717) is 0 Å². The Balaban J connectivity index is 1.56. The molecule has 2 aromatic heterocycles. The Morgan fingerprint density at radius 3 is 2.52 bits per heavy atom. The van der Waals surface area contributed by atoms with Crippen molar-refractivity contribution < 1.29 is 4.79 Å². The van der Waals surface area contributed by atoms with Gasteiger partial charge in [-0.1, -0.05) is 48.5 Å². The molecule has 1 aliphatic rings. The van der Waals surface area contributed by atoms with Crippen molar-refractivity contribution in [3.8, 4) is 21.0 Å². The molecule has 1 amide bonds. The van der Waals surface area contributed by atoms with Crippen LogP contribution in [-0.4, -0.2) is 28.5 Å². The molecule has 31 heavy (non-hydrogen) atoms. The Hall–Kier alpha value is -3.25. The van der Waals surface area contributed by atoms with E-state index in [4.69, 9.17) is 15.7 Å².